The van der Waals surface area contributed by atoms with E-state index in [0.717, 1.165) is 25.2 Å². The maximum Gasteiger partial charge on any atom is 0.399 e. The van der Waals surface area contributed by atoms with Crippen molar-refractivity contribution in [3.05, 3.63) is 0 Å². The zero-order valence-electron chi connectivity index (χ0n) is 34.8. The zero-order valence-corrected chi connectivity index (χ0v) is 35.6. The smallest absolute Gasteiger partial charge is 0.391 e. The number of rotatable bonds is 40. The maximum absolute atomic E-state index is 9.92. The van der Waals surface area contributed by atoms with Gasteiger partial charge in [-0.3, -0.25) is 8.37 Å². The first-order valence-electron chi connectivity index (χ1n) is 22.2. The Hall–Kier alpha value is -0.210. The number of nitrogens with zero attached hydrogens (tertiary/aromatic N) is 1. The SMILES string of the molecule is CCCCCCCCCCCCCCCCCCC[N+](CC)(CCO)CCCCCCCCCCCCCCCCCC.COS(=O)(=O)OC. The third kappa shape index (κ3) is 39.0. The number of aliphatic hydroxyl groups excluding tert-OH is 1. The van der Waals surface area contributed by atoms with Crippen LogP contribution in [0.2, 0.25) is 0 Å². The van der Waals surface area contributed by atoms with Crippen LogP contribution in [0, 0.1) is 0 Å². The van der Waals surface area contributed by atoms with Gasteiger partial charge in [-0.15, -0.1) is 0 Å². The number of hydrogen-bond donors (Lipinski definition) is 1. The minimum Gasteiger partial charge on any atom is -0.391 e. The third-order valence-electron chi connectivity index (χ3n) is 10.9. The molecule has 1 unspecified atom stereocenters. The molecule has 50 heavy (non-hydrogen) atoms. The molecular weight excluding hydrogens is 643 g/mol. The van der Waals surface area contributed by atoms with Gasteiger partial charge in [-0.25, -0.2) is 0 Å². The van der Waals surface area contributed by atoms with Gasteiger partial charge in [-0.2, -0.15) is 8.42 Å². The van der Waals surface area contributed by atoms with Gasteiger partial charge in [0.2, 0.25) is 0 Å². The van der Waals surface area contributed by atoms with E-state index >= 15 is 0 Å². The summed E-state index contributed by atoms with van der Waals surface area (Å²) >= 11 is 0. The van der Waals surface area contributed by atoms with Crippen molar-refractivity contribution in [2.45, 2.75) is 233 Å². The summed E-state index contributed by atoms with van der Waals surface area (Å²) in [5.41, 5.74) is 0. The van der Waals surface area contributed by atoms with Gasteiger partial charge in [-0.05, 0) is 32.6 Å². The van der Waals surface area contributed by atoms with E-state index < -0.39 is 10.4 Å². The summed E-state index contributed by atoms with van der Waals surface area (Å²) in [6.07, 6.45) is 47.5. The first kappa shape index (κ1) is 51.9. The molecule has 304 valence electrons. The molecule has 0 aromatic rings. The molecule has 1 atom stereocenters. The number of hydrogen-bond acceptors (Lipinski definition) is 5. The molecule has 0 saturated heterocycles. The van der Waals surface area contributed by atoms with Crippen LogP contribution < -0.4 is 0 Å². The number of quaternary nitrogens is 1. The highest BCUT2D eigenvalue weighted by molar-refractivity contribution is 7.81. The van der Waals surface area contributed by atoms with Crippen LogP contribution in [0.15, 0.2) is 0 Å². The molecular formula is C43H92NO5S+. The molecule has 6 nitrogen and oxygen atoms in total. The highest BCUT2D eigenvalue weighted by Crippen LogP contribution is 2.18. The fraction of sp³-hybridized carbons (Fsp3) is 1.00. The normalized spacial score (nSPS) is 12.9. The number of aliphatic hydroxyl groups is 1. The molecule has 0 aliphatic heterocycles. The van der Waals surface area contributed by atoms with E-state index in [0.29, 0.717) is 6.61 Å². The second-order valence-electron chi connectivity index (χ2n) is 15.3. The largest absolute Gasteiger partial charge is 0.399 e. The zero-order chi connectivity index (χ0) is 37.3. The topological polar surface area (TPSA) is 72.8 Å². The van der Waals surface area contributed by atoms with Crippen molar-refractivity contribution in [2.75, 3.05) is 47.0 Å². The Morgan fingerprint density at radius 3 is 0.760 bits per heavy atom. The monoisotopic (exact) mass is 735 g/mol. The summed E-state index contributed by atoms with van der Waals surface area (Å²) in [5, 5.41) is 9.80. The molecule has 0 aromatic carbocycles. The van der Waals surface area contributed by atoms with Gasteiger partial charge in [0, 0.05) is 0 Å². The van der Waals surface area contributed by atoms with Gasteiger partial charge in [0.05, 0.1) is 40.5 Å². The van der Waals surface area contributed by atoms with E-state index in [9.17, 15) is 13.5 Å². The minimum atomic E-state index is -3.66. The Morgan fingerprint density at radius 2 is 0.600 bits per heavy atom. The van der Waals surface area contributed by atoms with Gasteiger partial charge in [0.15, 0.2) is 0 Å². The van der Waals surface area contributed by atoms with Crippen molar-refractivity contribution in [3.8, 4) is 0 Å². The molecule has 0 amide bonds. The molecule has 1 N–H and O–H groups in total. The Balaban J connectivity index is 0. The highest BCUT2D eigenvalue weighted by Gasteiger charge is 2.23. The van der Waals surface area contributed by atoms with Gasteiger partial charge in [-0.1, -0.05) is 200 Å². The summed E-state index contributed by atoms with van der Waals surface area (Å²) in [6.45, 7) is 12.1. The second kappa shape index (κ2) is 41.5. The molecule has 0 heterocycles. The van der Waals surface area contributed by atoms with Crippen LogP contribution >= 0.6 is 0 Å². The quantitative estimate of drug-likeness (QED) is 0.0501. The van der Waals surface area contributed by atoms with E-state index in [1.54, 1.807) is 0 Å². The summed E-state index contributed by atoms with van der Waals surface area (Å²) < 4.78 is 28.7. The van der Waals surface area contributed by atoms with Crippen molar-refractivity contribution in [2.24, 2.45) is 0 Å². The average molecular weight is 735 g/mol. The fourth-order valence-corrected chi connectivity index (χ4v) is 7.39. The predicted molar refractivity (Wildman–Crippen MR) is 219 cm³/mol. The summed E-state index contributed by atoms with van der Waals surface area (Å²) in [4.78, 5) is 0. The summed E-state index contributed by atoms with van der Waals surface area (Å²) in [6, 6.07) is 0. The number of likely N-dealkylation sites (N-methyl/N-ethyl adjacent to an activating group) is 1. The minimum absolute atomic E-state index is 0.353. The molecule has 0 aliphatic carbocycles. The van der Waals surface area contributed by atoms with Crippen LogP contribution in [0.1, 0.15) is 233 Å². The van der Waals surface area contributed by atoms with E-state index in [2.05, 4.69) is 29.1 Å². The molecule has 0 aromatic heterocycles. The van der Waals surface area contributed by atoms with Crippen molar-refractivity contribution in [1.29, 1.82) is 0 Å². The fourth-order valence-electron chi connectivity index (χ4n) is 7.26. The first-order chi connectivity index (χ1) is 24.4. The van der Waals surface area contributed by atoms with Crippen molar-refractivity contribution >= 4 is 10.4 Å². The van der Waals surface area contributed by atoms with E-state index in [-0.39, 0.29) is 0 Å². The van der Waals surface area contributed by atoms with Crippen LogP contribution in [-0.4, -0.2) is 65.0 Å². The van der Waals surface area contributed by atoms with E-state index in [1.807, 2.05) is 0 Å². The highest BCUT2D eigenvalue weighted by atomic mass is 32.3. The molecule has 0 radical (unpaired) electrons. The molecule has 0 aliphatic rings. The molecule has 0 rings (SSSR count). The van der Waals surface area contributed by atoms with Gasteiger partial charge < -0.3 is 9.59 Å². The van der Waals surface area contributed by atoms with Crippen LogP contribution in [0.3, 0.4) is 0 Å². The summed E-state index contributed by atoms with van der Waals surface area (Å²) in [5.74, 6) is 0. The van der Waals surface area contributed by atoms with Crippen molar-refractivity contribution < 1.29 is 26.4 Å². The van der Waals surface area contributed by atoms with Gasteiger partial charge >= 0.3 is 10.4 Å². The second-order valence-corrected chi connectivity index (χ2v) is 16.7. The van der Waals surface area contributed by atoms with Gasteiger partial charge in [0.1, 0.15) is 6.54 Å². The molecule has 0 bridgehead atoms. The van der Waals surface area contributed by atoms with Crippen LogP contribution in [-0.2, 0) is 18.8 Å². The summed E-state index contributed by atoms with van der Waals surface area (Å²) in [7, 11) is -1.60. The van der Waals surface area contributed by atoms with Crippen molar-refractivity contribution in [1.82, 2.24) is 0 Å². The lowest BCUT2D eigenvalue weighted by Gasteiger charge is -2.37. The Bertz CT molecular complexity index is 725. The van der Waals surface area contributed by atoms with Crippen LogP contribution in [0.4, 0.5) is 0 Å². The van der Waals surface area contributed by atoms with E-state index in [4.69, 9.17) is 0 Å². The molecule has 0 saturated carbocycles. The Kier molecular flexibility index (Phi) is 43.1. The number of unbranched alkanes of at least 4 members (excludes halogenated alkanes) is 31. The molecule has 0 spiro atoms. The lowest BCUT2D eigenvalue weighted by molar-refractivity contribution is -0.927. The molecule has 0 fully saturated rings. The first-order valence-corrected chi connectivity index (χ1v) is 23.5. The third-order valence-corrected chi connectivity index (χ3v) is 11.7. The predicted octanol–water partition coefficient (Wildman–Crippen LogP) is 13.3. The van der Waals surface area contributed by atoms with Gasteiger partial charge in [0.25, 0.3) is 0 Å². The Labute approximate surface area is 315 Å². The van der Waals surface area contributed by atoms with E-state index in [1.165, 1.54) is 232 Å². The maximum atomic E-state index is 9.92. The van der Waals surface area contributed by atoms with Crippen molar-refractivity contribution in [3.63, 3.8) is 0 Å². The average Bonchev–Trinajstić information content (AvgIpc) is 3.12. The lowest BCUT2D eigenvalue weighted by atomic mass is 10.0. The lowest BCUT2D eigenvalue weighted by Crippen LogP contribution is -2.51. The Morgan fingerprint density at radius 1 is 0.380 bits per heavy atom. The van der Waals surface area contributed by atoms with Crippen LogP contribution in [0.25, 0.3) is 0 Å². The molecule has 7 heteroatoms. The van der Waals surface area contributed by atoms with Crippen LogP contribution in [0.5, 0.6) is 0 Å². The standard InChI is InChI=1S/C41H86NO.C2H6O4S/c1-4-7-9-11-13-15-17-19-21-23-25-27-29-31-33-35-37-39-42(6-3,40-41-43)38-36-34-32-30-28-26-24-22-20-18-16-14-12-10-8-5-2;1-5-7(3,4)6-2/h43H,4-41H2,1-3H3;1-2H3/q+1;.